The van der Waals surface area contributed by atoms with Gasteiger partial charge in [-0.1, -0.05) is 49.4 Å². The van der Waals surface area contributed by atoms with Crippen molar-refractivity contribution in [3.05, 3.63) is 81.7 Å². The lowest BCUT2D eigenvalue weighted by Crippen LogP contribution is -2.36. The third kappa shape index (κ3) is 4.74. The van der Waals surface area contributed by atoms with Crippen molar-refractivity contribution >= 4 is 45.9 Å². The Kier molecular flexibility index (Phi) is 7.38. The Morgan fingerprint density at radius 3 is 2.50 bits per heavy atom. The van der Waals surface area contributed by atoms with Gasteiger partial charge in [0, 0.05) is 16.3 Å². The van der Waals surface area contributed by atoms with E-state index in [0.29, 0.717) is 42.1 Å². The van der Waals surface area contributed by atoms with Gasteiger partial charge in [0.15, 0.2) is 0 Å². The summed E-state index contributed by atoms with van der Waals surface area (Å²) in [6.07, 6.45) is 2.97. The van der Waals surface area contributed by atoms with Gasteiger partial charge in [0.25, 0.3) is 5.91 Å². The molecule has 1 atom stereocenters. The second-order valence-corrected chi connectivity index (χ2v) is 10.0. The van der Waals surface area contributed by atoms with Crippen molar-refractivity contribution in [2.24, 2.45) is 0 Å². The molecule has 8 heteroatoms. The van der Waals surface area contributed by atoms with E-state index in [9.17, 15) is 19.5 Å². The summed E-state index contributed by atoms with van der Waals surface area (Å²) in [7, 11) is 0. The number of thioether (sulfide) groups is 1. The normalized spacial score (nSPS) is 13.8. The standard InChI is InChI=1S/C26H26N2O4S2/c1-3-17(16-9-5-4-6-10-16)23(29)27-24-22(26(31)32)18-13-14-28(15-21(18)34-24)25(30)19-11-7-8-12-20(19)33-2/h4-12,17H,3,13-15H2,1-2H3,(H,27,29)(H,31,32). The fraction of sp³-hybridized carbons (Fsp3) is 0.269. The van der Waals surface area contributed by atoms with E-state index in [0.717, 1.165) is 15.3 Å². The number of thiophene rings is 1. The largest absolute Gasteiger partial charge is 0.478 e. The third-order valence-electron chi connectivity index (χ3n) is 6.06. The maximum Gasteiger partial charge on any atom is 0.339 e. The minimum atomic E-state index is -1.06. The lowest BCUT2D eigenvalue weighted by Gasteiger charge is -2.27. The van der Waals surface area contributed by atoms with Crippen LogP contribution in [0.1, 0.15) is 56.0 Å². The number of carboxylic acid groups (broad SMARTS) is 1. The number of aromatic carboxylic acids is 1. The average molecular weight is 495 g/mol. The predicted octanol–water partition coefficient (Wildman–Crippen LogP) is 5.50. The van der Waals surface area contributed by atoms with Gasteiger partial charge in [0.05, 0.1) is 23.6 Å². The first-order valence-electron chi connectivity index (χ1n) is 11.1. The number of carboxylic acids is 1. The second-order valence-electron chi connectivity index (χ2n) is 8.05. The first-order valence-corrected chi connectivity index (χ1v) is 13.1. The molecule has 176 valence electrons. The Balaban J connectivity index is 1.59. The number of hydrogen-bond donors (Lipinski definition) is 2. The highest BCUT2D eigenvalue weighted by molar-refractivity contribution is 7.98. The molecule has 3 aromatic rings. The van der Waals surface area contributed by atoms with Gasteiger partial charge in [0.2, 0.25) is 5.91 Å². The number of fused-ring (bicyclic) bond motifs is 1. The number of carbonyl (C=O) groups excluding carboxylic acids is 2. The number of carbonyl (C=O) groups is 3. The molecule has 1 aliphatic heterocycles. The van der Waals surface area contributed by atoms with Crippen molar-refractivity contribution in [3.63, 3.8) is 0 Å². The molecule has 0 aliphatic carbocycles. The quantitative estimate of drug-likeness (QED) is 0.424. The van der Waals surface area contributed by atoms with Gasteiger partial charge in [0.1, 0.15) is 5.00 Å². The van der Waals surface area contributed by atoms with E-state index in [1.54, 1.807) is 4.90 Å². The van der Waals surface area contributed by atoms with E-state index in [2.05, 4.69) is 5.32 Å². The summed E-state index contributed by atoms with van der Waals surface area (Å²) in [6, 6.07) is 17.0. The zero-order valence-electron chi connectivity index (χ0n) is 19.0. The maximum atomic E-state index is 13.2. The third-order valence-corrected chi connectivity index (χ3v) is 7.99. The number of hydrogen-bond acceptors (Lipinski definition) is 5. The van der Waals surface area contributed by atoms with Crippen LogP contribution in [0.25, 0.3) is 0 Å². The van der Waals surface area contributed by atoms with Crippen LogP contribution in [0.4, 0.5) is 5.00 Å². The molecule has 4 rings (SSSR count). The molecule has 0 bridgehead atoms. The van der Waals surface area contributed by atoms with Crippen LogP contribution in [0.3, 0.4) is 0 Å². The minimum absolute atomic E-state index is 0.0680. The second kappa shape index (κ2) is 10.4. The van der Waals surface area contributed by atoms with Gasteiger partial charge in [-0.05, 0) is 42.4 Å². The van der Waals surface area contributed by atoms with Crippen molar-refractivity contribution in [3.8, 4) is 0 Å². The minimum Gasteiger partial charge on any atom is -0.478 e. The summed E-state index contributed by atoms with van der Waals surface area (Å²) in [5, 5.41) is 13.2. The van der Waals surface area contributed by atoms with Crippen molar-refractivity contribution < 1.29 is 19.5 Å². The molecule has 0 spiro atoms. The van der Waals surface area contributed by atoms with E-state index in [1.807, 2.05) is 67.8 Å². The molecule has 2 aromatic carbocycles. The first-order chi connectivity index (χ1) is 16.4. The Morgan fingerprint density at radius 1 is 1.12 bits per heavy atom. The van der Waals surface area contributed by atoms with E-state index < -0.39 is 5.97 Å². The van der Waals surface area contributed by atoms with Crippen LogP contribution in [0.5, 0.6) is 0 Å². The zero-order valence-corrected chi connectivity index (χ0v) is 20.7. The Bertz CT molecular complexity index is 1220. The number of rotatable bonds is 7. The van der Waals surface area contributed by atoms with Crippen molar-refractivity contribution in [2.45, 2.75) is 37.1 Å². The molecule has 2 amide bonds. The van der Waals surface area contributed by atoms with Crippen LogP contribution < -0.4 is 5.32 Å². The van der Waals surface area contributed by atoms with Gasteiger partial charge < -0.3 is 15.3 Å². The molecule has 2 N–H and O–H groups in total. The van der Waals surface area contributed by atoms with Crippen molar-refractivity contribution in [2.75, 3.05) is 18.1 Å². The molecule has 34 heavy (non-hydrogen) atoms. The highest BCUT2D eigenvalue weighted by Crippen LogP contribution is 2.38. The van der Waals surface area contributed by atoms with Gasteiger partial charge in [-0.3, -0.25) is 9.59 Å². The fourth-order valence-electron chi connectivity index (χ4n) is 4.34. The molecular weight excluding hydrogens is 468 g/mol. The summed E-state index contributed by atoms with van der Waals surface area (Å²) < 4.78 is 0. The topological polar surface area (TPSA) is 86.7 Å². The molecule has 0 fully saturated rings. The van der Waals surface area contributed by atoms with Gasteiger partial charge in [-0.15, -0.1) is 23.1 Å². The van der Waals surface area contributed by atoms with E-state index in [-0.39, 0.29) is 23.3 Å². The van der Waals surface area contributed by atoms with Crippen LogP contribution in [0.15, 0.2) is 59.5 Å². The van der Waals surface area contributed by atoms with Gasteiger partial charge >= 0.3 is 5.97 Å². The lowest BCUT2D eigenvalue weighted by atomic mass is 9.95. The predicted molar refractivity (Wildman–Crippen MR) is 136 cm³/mol. The van der Waals surface area contributed by atoms with Crippen LogP contribution in [0, 0.1) is 0 Å². The summed E-state index contributed by atoms with van der Waals surface area (Å²) in [6.45, 7) is 2.69. The SMILES string of the molecule is CCC(C(=O)Nc1sc2c(c1C(=O)O)CCN(C(=O)c1ccccc1SC)C2)c1ccccc1. The Morgan fingerprint density at radius 2 is 1.82 bits per heavy atom. The maximum absolute atomic E-state index is 13.2. The van der Waals surface area contributed by atoms with Crippen LogP contribution >= 0.6 is 23.1 Å². The van der Waals surface area contributed by atoms with Gasteiger partial charge in [-0.2, -0.15) is 0 Å². The fourth-order valence-corrected chi connectivity index (χ4v) is 6.19. The van der Waals surface area contributed by atoms with Crippen LogP contribution in [-0.2, 0) is 17.8 Å². The average Bonchev–Trinajstić information content (AvgIpc) is 3.21. The smallest absolute Gasteiger partial charge is 0.339 e. The monoisotopic (exact) mass is 494 g/mol. The highest BCUT2D eigenvalue weighted by atomic mass is 32.2. The number of nitrogens with zero attached hydrogens (tertiary/aromatic N) is 1. The van der Waals surface area contributed by atoms with E-state index in [4.69, 9.17) is 0 Å². The summed E-state index contributed by atoms with van der Waals surface area (Å²) in [5.41, 5.74) is 2.40. The molecule has 1 aliphatic rings. The number of anilines is 1. The van der Waals surface area contributed by atoms with Crippen LogP contribution in [-0.4, -0.2) is 40.6 Å². The molecule has 0 radical (unpaired) electrons. The first kappa shape index (κ1) is 24.0. The summed E-state index contributed by atoms with van der Waals surface area (Å²) in [5.74, 6) is -1.73. The van der Waals surface area contributed by atoms with Crippen molar-refractivity contribution in [1.29, 1.82) is 0 Å². The molecule has 0 saturated heterocycles. The Hall–Kier alpha value is -3.10. The zero-order chi connectivity index (χ0) is 24.2. The van der Waals surface area contributed by atoms with Gasteiger partial charge in [-0.25, -0.2) is 4.79 Å². The molecule has 1 unspecified atom stereocenters. The molecular formula is C26H26N2O4S2. The van der Waals surface area contributed by atoms with E-state index >= 15 is 0 Å². The lowest BCUT2D eigenvalue weighted by molar-refractivity contribution is -0.117. The summed E-state index contributed by atoms with van der Waals surface area (Å²) >= 11 is 2.78. The van der Waals surface area contributed by atoms with E-state index in [1.165, 1.54) is 23.1 Å². The number of benzene rings is 2. The molecule has 1 aromatic heterocycles. The van der Waals surface area contributed by atoms with Crippen molar-refractivity contribution in [1.82, 2.24) is 4.90 Å². The number of amides is 2. The molecule has 0 saturated carbocycles. The molecule has 6 nitrogen and oxygen atoms in total. The highest BCUT2D eigenvalue weighted by Gasteiger charge is 2.32. The molecule has 2 heterocycles. The number of nitrogens with one attached hydrogen (secondary N) is 1. The Labute approximate surface area is 207 Å². The summed E-state index contributed by atoms with van der Waals surface area (Å²) in [4.78, 5) is 41.9. The van der Waals surface area contributed by atoms with Crippen LogP contribution in [0.2, 0.25) is 0 Å².